The van der Waals surface area contributed by atoms with E-state index in [4.69, 9.17) is 0 Å². The van der Waals surface area contributed by atoms with E-state index in [-0.39, 0.29) is 6.03 Å². The summed E-state index contributed by atoms with van der Waals surface area (Å²) in [6.07, 6.45) is -0.553. The molecule has 2 aromatic rings. The van der Waals surface area contributed by atoms with Gasteiger partial charge in [0.1, 0.15) is 0 Å². The zero-order chi connectivity index (χ0) is 14.5. The second kappa shape index (κ2) is 6.88. The molecule has 6 heteroatoms. The molecule has 0 aliphatic rings. The summed E-state index contributed by atoms with van der Waals surface area (Å²) in [5.74, 6) is 0. The first-order chi connectivity index (χ1) is 9.54. The third kappa shape index (κ3) is 4.33. The maximum atomic E-state index is 11.8. The van der Waals surface area contributed by atoms with Crippen LogP contribution in [0.5, 0.6) is 0 Å². The predicted octanol–water partition coefficient (Wildman–Crippen LogP) is 3.89. The van der Waals surface area contributed by atoms with Crippen LogP contribution in [0.4, 0.5) is 10.5 Å². The van der Waals surface area contributed by atoms with Gasteiger partial charge in [-0.05, 0) is 46.6 Å². The monoisotopic (exact) mass is 354 g/mol. The SMILES string of the molecule is CC(O)c1cccc(NC(=O)NCc2cc(Br)cs2)c1. The maximum absolute atomic E-state index is 11.8. The lowest BCUT2D eigenvalue weighted by Gasteiger charge is -2.09. The van der Waals surface area contributed by atoms with Gasteiger partial charge in [0.2, 0.25) is 0 Å². The molecule has 1 atom stereocenters. The van der Waals surface area contributed by atoms with Crippen LogP contribution in [0.15, 0.2) is 40.2 Å². The molecule has 106 valence electrons. The lowest BCUT2D eigenvalue weighted by molar-refractivity contribution is 0.199. The molecule has 1 unspecified atom stereocenters. The zero-order valence-corrected chi connectivity index (χ0v) is 13.3. The molecular weight excluding hydrogens is 340 g/mol. The molecule has 2 amide bonds. The van der Waals surface area contributed by atoms with Gasteiger partial charge in [0.05, 0.1) is 12.6 Å². The van der Waals surface area contributed by atoms with Crippen molar-refractivity contribution in [1.29, 1.82) is 0 Å². The number of aliphatic hydroxyl groups is 1. The van der Waals surface area contributed by atoms with E-state index in [2.05, 4.69) is 26.6 Å². The maximum Gasteiger partial charge on any atom is 0.319 e. The van der Waals surface area contributed by atoms with Crippen molar-refractivity contribution in [2.75, 3.05) is 5.32 Å². The van der Waals surface area contributed by atoms with Gasteiger partial charge in [-0.2, -0.15) is 0 Å². The molecule has 1 aromatic heterocycles. The van der Waals surface area contributed by atoms with Crippen LogP contribution in [-0.2, 0) is 6.54 Å². The second-order valence-electron chi connectivity index (χ2n) is 4.34. The Morgan fingerprint density at radius 3 is 2.90 bits per heavy atom. The Labute approximate surface area is 130 Å². The smallest absolute Gasteiger partial charge is 0.319 e. The Bertz CT molecular complexity index is 598. The summed E-state index contributed by atoms with van der Waals surface area (Å²) < 4.78 is 1.02. The van der Waals surface area contributed by atoms with E-state index in [1.807, 2.05) is 17.5 Å². The predicted molar refractivity (Wildman–Crippen MR) is 85.0 cm³/mol. The second-order valence-corrected chi connectivity index (χ2v) is 6.25. The van der Waals surface area contributed by atoms with Gasteiger partial charge in [0.25, 0.3) is 0 Å². The van der Waals surface area contributed by atoms with Gasteiger partial charge in [-0.1, -0.05) is 12.1 Å². The Hall–Kier alpha value is -1.37. The summed E-state index contributed by atoms with van der Waals surface area (Å²) in [7, 11) is 0. The summed E-state index contributed by atoms with van der Waals surface area (Å²) in [4.78, 5) is 12.9. The van der Waals surface area contributed by atoms with Gasteiger partial charge in [0, 0.05) is 20.4 Å². The van der Waals surface area contributed by atoms with Crippen LogP contribution in [0.25, 0.3) is 0 Å². The van der Waals surface area contributed by atoms with Crippen molar-refractivity contribution in [3.63, 3.8) is 0 Å². The highest BCUT2D eigenvalue weighted by atomic mass is 79.9. The van der Waals surface area contributed by atoms with Crippen LogP contribution in [0.2, 0.25) is 0 Å². The summed E-state index contributed by atoms with van der Waals surface area (Å²) in [6.45, 7) is 2.17. The van der Waals surface area contributed by atoms with Gasteiger partial charge in [-0.15, -0.1) is 11.3 Å². The molecule has 0 bridgehead atoms. The van der Waals surface area contributed by atoms with Crippen LogP contribution >= 0.6 is 27.3 Å². The first kappa shape index (κ1) is 15.0. The molecule has 0 aliphatic heterocycles. The van der Waals surface area contributed by atoms with Crippen molar-refractivity contribution in [2.45, 2.75) is 19.6 Å². The molecule has 4 nitrogen and oxygen atoms in total. The summed E-state index contributed by atoms with van der Waals surface area (Å²) in [5, 5.41) is 17.0. The van der Waals surface area contributed by atoms with Gasteiger partial charge in [0.15, 0.2) is 0 Å². The molecule has 1 aromatic carbocycles. The van der Waals surface area contributed by atoms with Crippen LogP contribution < -0.4 is 10.6 Å². The normalized spacial score (nSPS) is 11.9. The minimum Gasteiger partial charge on any atom is -0.389 e. The molecule has 1 heterocycles. The van der Waals surface area contributed by atoms with E-state index in [0.717, 1.165) is 14.9 Å². The average molecular weight is 355 g/mol. The van der Waals surface area contributed by atoms with Gasteiger partial charge < -0.3 is 15.7 Å². The fourth-order valence-corrected chi connectivity index (χ4v) is 3.06. The van der Waals surface area contributed by atoms with Crippen molar-refractivity contribution in [3.05, 3.63) is 50.6 Å². The van der Waals surface area contributed by atoms with E-state index < -0.39 is 6.10 Å². The third-order valence-corrected chi connectivity index (χ3v) is 4.37. The minimum atomic E-state index is -0.553. The lowest BCUT2D eigenvalue weighted by atomic mass is 10.1. The molecule has 0 radical (unpaired) electrons. The molecule has 0 aliphatic carbocycles. The van der Waals surface area contributed by atoms with Gasteiger partial charge in [-0.25, -0.2) is 4.79 Å². The number of amides is 2. The van der Waals surface area contributed by atoms with E-state index in [1.54, 1.807) is 36.5 Å². The van der Waals surface area contributed by atoms with Crippen LogP contribution in [0, 0.1) is 0 Å². The quantitative estimate of drug-likeness (QED) is 0.779. The molecule has 0 saturated heterocycles. The van der Waals surface area contributed by atoms with Crippen molar-refractivity contribution in [1.82, 2.24) is 5.32 Å². The highest BCUT2D eigenvalue weighted by molar-refractivity contribution is 9.10. The average Bonchev–Trinajstić information content (AvgIpc) is 2.82. The molecule has 0 fully saturated rings. The number of hydrogen-bond donors (Lipinski definition) is 3. The van der Waals surface area contributed by atoms with Gasteiger partial charge >= 0.3 is 6.03 Å². The number of anilines is 1. The number of benzene rings is 1. The number of halogens is 1. The number of urea groups is 1. The molecule has 3 N–H and O–H groups in total. The van der Waals surface area contributed by atoms with Crippen molar-refractivity contribution >= 4 is 39.0 Å². The Kier molecular flexibility index (Phi) is 5.17. The molecular formula is C14H15BrN2O2S. The molecule has 20 heavy (non-hydrogen) atoms. The highest BCUT2D eigenvalue weighted by Gasteiger charge is 2.05. The number of thiophene rings is 1. The number of rotatable bonds is 4. The summed E-state index contributed by atoms with van der Waals surface area (Å²) in [6, 6.07) is 8.86. The fourth-order valence-electron chi connectivity index (χ4n) is 1.67. The van der Waals surface area contributed by atoms with Crippen LogP contribution in [0.1, 0.15) is 23.5 Å². The lowest BCUT2D eigenvalue weighted by Crippen LogP contribution is -2.27. The van der Waals surface area contributed by atoms with E-state index in [1.165, 1.54) is 0 Å². The zero-order valence-electron chi connectivity index (χ0n) is 10.9. The Morgan fingerprint density at radius 2 is 2.25 bits per heavy atom. The topological polar surface area (TPSA) is 61.4 Å². The molecule has 0 saturated carbocycles. The summed E-state index contributed by atoms with van der Waals surface area (Å²) in [5.41, 5.74) is 1.43. The largest absolute Gasteiger partial charge is 0.389 e. The highest BCUT2D eigenvalue weighted by Crippen LogP contribution is 2.19. The number of carbonyl (C=O) groups is 1. The number of nitrogens with one attached hydrogen (secondary N) is 2. The van der Waals surface area contributed by atoms with E-state index in [0.29, 0.717) is 12.2 Å². The summed E-state index contributed by atoms with van der Waals surface area (Å²) >= 11 is 4.95. The Balaban J connectivity index is 1.89. The first-order valence-electron chi connectivity index (χ1n) is 6.10. The number of aliphatic hydroxyl groups excluding tert-OH is 1. The molecule has 0 spiro atoms. The number of hydrogen-bond acceptors (Lipinski definition) is 3. The van der Waals surface area contributed by atoms with Crippen molar-refractivity contribution in [2.24, 2.45) is 0 Å². The standard InChI is InChI=1S/C14H15BrN2O2S/c1-9(18)10-3-2-4-12(5-10)17-14(19)16-7-13-6-11(15)8-20-13/h2-6,8-9,18H,7H2,1H3,(H2,16,17,19). The fraction of sp³-hybridized carbons (Fsp3) is 0.214. The molecule has 2 rings (SSSR count). The number of carbonyl (C=O) groups excluding carboxylic acids is 1. The minimum absolute atomic E-state index is 0.266. The Morgan fingerprint density at radius 1 is 1.45 bits per heavy atom. The van der Waals surface area contributed by atoms with E-state index in [9.17, 15) is 9.90 Å². The third-order valence-electron chi connectivity index (χ3n) is 2.67. The van der Waals surface area contributed by atoms with E-state index >= 15 is 0 Å². The van der Waals surface area contributed by atoms with Crippen molar-refractivity contribution < 1.29 is 9.90 Å². The first-order valence-corrected chi connectivity index (χ1v) is 7.77. The van der Waals surface area contributed by atoms with Crippen LogP contribution in [-0.4, -0.2) is 11.1 Å². The van der Waals surface area contributed by atoms with Crippen molar-refractivity contribution in [3.8, 4) is 0 Å². The van der Waals surface area contributed by atoms with Crippen LogP contribution in [0.3, 0.4) is 0 Å². The van der Waals surface area contributed by atoms with Gasteiger partial charge in [-0.3, -0.25) is 0 Å².